The lowest BCUT2D eigenvalue weighted by Gasteiger charge is -2.34. The second-order valence-electron chi connectivity index (χ2n) is 5.22. The maximum atomic E-state index is 11.9. The molecule has 0 aromatic carbocycles. The molecule has 0 unspecified atom stereocenters. The van der Waals surface area contributed by atoms with Crippen LogP contribution in [0.4, 0.5) is 0 Å². The highest BCUT2D eigenvalue weighted by Gasteiger charge is 2.26. The molecule has 3 nitrogen and oxygen atoms in total. The number of rotatable bonds is 4. The van der Waals surface area contributed by atoms with Crippen LogP contribution in [0.5, 0.6) is 0 Å². The van der Waals surface area contributed by atoms with Crippen LogP contribution in [0.15, 0.2) is 15.9 Å². The highest BCUT2D eigenvalue weighted by Crippen LogP contribution is 2.27. The fourth-order valence-electron chi connectivity index (χ4n) is 2.19. The fourth-order valence-corrected chi connectivity index (χ4v) is 3.67. The van der Waals surface area contributed by atoms with E-state index in [-0.39, 0.29) is 23.7 Å². The second kappa shape index (κ2) is 7.62. The van der Waals surface area contributed by atoms with Gasteiger partial charge in [0.05, 0.1) is 10.2 Å². The van der Waals surface area contributed by atoms with Gasteiger partial charge in [-0.05, 0) is 59.4 Å². The van der Waals surface area contributed by atoms with Crippen LogP contribution >= 0.6 is 39.7 Å². The van der Waals surface area contributed by atoms with Gasteiger partial charge in [-0.2, -0.15) is 0 Å². The maximum absolute atomic E-state index is 11.9. The second-order valence-corrected chi connectivity index (χ2v) is 7.77. The van der Waals surface area contributed by atoms with Gasteiger partial charge in [-0.25, -0.2) is 0 Å². The summed E-state index contributed by atoms with van der Waals surface area (Å²) in [6, 6.07) is 3.99. The van der Waals surface area contributed by atoms with E-state index in [2.05, 4.69) is 33.5 Å². The number of nitrogens with one attached hydrogen (secondary N) is 2. The van der Waals surface area contributed by atoms with Gasteiger partial charge in [-0.1, -0.05) is 6.92 Å². The Hall–Kier alpha value is -0.100. The van der Waals surface area contributed by atoms with Crippen LogP contribution < -0.4 is 10.6 Å². The lowest BCUT2D eigenvalue weighted by molar-refractivity contribution is -0.120. The number of amides is 1. The average molecular weight is 368 g/mol. The molecule has 1 amide bonds. The zero-order chi connectivity index (χ0) is 13.0. The largest absolute Gasteiger partial charge is 0.355 e. The molecule has 2 rings (SSSR count). The lowest BCUT2D eigenvalue weighted by Crippen LogP contribution is -2.43. The normalized spacial score (nSPS) is 17.6. The first-order valence-electron chi connectivity index (χ1n) is 6.29. The number of hydrogen-bond acceptors (Lipinski definition) is 3. The van der Waals surface area contributed by atoms with Crippen LogP contribution in [0, 0.1) is 5.41 Å². The summed E-state index contributed by atoms with van der Waals surface area (Å²) in [5.41, 5.74) is 0.261. The number of carbonyl (C=O) groups excluding carboxylic acids is 1. The first kappa shape index (κ1) is 17.0. The topological polar surface area (TPSA) is 41.1 Å². The Morgan fingerprint density at radius 3 is 2.74 bits per heavy atom. The molecule has 1 fully saturated rings. The first-order chi connectivity index (χ1) is 8.57. The summed E-state index contributed by atoms with van der Waals surface area (Å²) in [6.07, 6.45) is 2.76. The van der Waals surface area contributed by atoms with E-state index in [0.29, 0.717) is 6.42 Å². The zero-order valence-electron chi connectivity index (χ0n) is 11.0. The minimum absolute atomic E-state index is 0. The molecule has 0 aliphatic carbocycles. The SMILES string of the molecule is CC1(CNC(=O)Cc2ccc(Br)s2)CCNCC1.Cl. The Morgan fingerprint density at radius 2 is 2.16 bits per heavy atom. The molecule has 0 bridgehead atoms. The van der Waals surface area contributed by atoms with Crippen molar-refractivity contribution in [3.63, 3.8) is 0 Å². The van der Waals surface area contributed by atoms with Crippen molar-refractivity contribution in [1.82, 2.24) is 10.6 Å². The molecule has 1 aliphatic heterocycles. The van der Waals surface area contributed by atoms with Crippen LogP contribution in [0.1, 0.15) is 24.6 Å². The number of halogens is 2. The Bertz CT molecular complexity index is 419. The van der Waals surface area contributed by atoms with Crippen LogP contribution in [-0.4, -0.2) is 25.5 Å². The summed E-state index contributed by atoms with van der Waals surface area (Å²) in [5.74, 6) is 0.129. The van der Waals surface area contributed by atoms with E-state index in [1.807, 2.05) is 12.1 Å². The van der Waals surface area contributed by atoms with Crippen LogP contribution in [0.2, 0.25) is 0 Å². The summed E-state index contributed by atoms with van der Waals surface area (Å²) in [6.45, 7) is 5.17. The minimum atomic E-state index is 0. The van der Waals surface area contributed by atoms with Crippen molar-refractivity contribution in [2.75, 3.05) is 19.6 Å². The molecule has 0 radical (unpaired) electrons. The van der Waals surface area contributed by atoms with Gasteiger partial charge < -0.3 is 10.6 Å². The smallest absolute Gasteiger partial charge is 0.225 e. The van der Waals surface area contributed by atoms with Crippen molar-refractivity contribution in [3.05, 3.63) is 20.8 Å². The molecule has 6 heteroatoms. The third-order valence-corrected chi connectivity index (χ3v) is 5.11. The highest BCUT2D eigenvalue weighted by atomic mass is 79.9. The average Bonchev–Trinajstić information content (AvgIpc) is 2.73. The third-order valence-electron chi connectivity index (χ3n) is 3.49. The predicted molar refractivity (Wildman–Crippen MR) is 86.2 cm³/mol. The predicted octanol–water partition coefficient (Wildman–Crippen LogP) is 2.98. The number of hydrogen-bond donors (Lipinski definition) is 2. The van der Waals surface area contributed by atoms with Crippen molar-refractivity contribution in [2.24, 2.45) is 5.41 Å². The van der Waals surface area contributed by atoms with Gasteiger partial charge in [-0.3, -0.25) is 4.79 Å². The van der Waals surface area contributed by atoms with Gasteiger partial charge in [0.2, 0.25) is 5.91 Å². The van der Waals surface area contributed by atoms with Crippen molar-refractivity contribution in [3.8, 4) is 0 Å². The highest BCUT2D eigenvalue weighted by molar-refractivity contribution is 9.11. The van der Waals surface area contributed by atoms with Crippen LogP contribution in [0.3, 0.4) is 0 Å². The van der Waals surface area contributed by atoms with Crippen LogP contribution in [-0.2, 0) is 11.2 Å². The van der Waals surface area contributed by atoms with Crippen LogP contribution in [0.25, 0.3) is 0 Å². The van der Waals surface area contributed by atoms with Crippen molar-refractivity contribution < 1.29 is 4.79 Å². The molecule has 1 aromatic rings. The molecule has 1 saturated heterocycles. The fraction of sp³-hybridized carbons (Fsp3) is 0.615. The van der Waals surface area contributed by atoms with E-state index in [1.165, 1.54) is 0 Å². The van der Waals surface area contributed by atoms with E-state index in [4.69, 9.17) is 0 Å². The summed E-state index contributed by atoms with van der Waals surface area (Å²) in [4.78, 5) is 13.0. The molecule has 1 aromatic heterocycles. The van der Waals surface area contributed by atoms with Gasteiger partial charge >= 0.3 is 0 Å². The number of carbonyl (C=O) groups is 1. The first-order valence-corrected chi connectivity index (χ1v) is 7.90. The zero-order valence-corrected chi connectivity index (χ0v) is 14.2. The van der Waals surface area contributed by atoms with Gasteiger partial charge in [0.15, 0.2) is 0 Å². The summed E-state index contributed by atoms with van der Waals surface area (Å²) in [7, 11) is 0. The molecule has 0 atom stereocenters. The van der Waals surface area contributed by atoms with Gasteiger partial charge in [0.1, 0.15) is 0 Å². The molecule has 0 spiro atoms. The van der Waals surface area contributed by atoms with E-state index in [9.17, 15) is 4.79 Å². The van der Waals surface area contributed by atoms with Gasteiger partial charge in [0, 0.05) is 11.4 Å². The summed E-state index contributed by atoms with van der Waals surface area (Å²) in [5, 5.41) is 6.43. The lowest BCUT2D eigenvalue weighted by atomic mass is 9.81. The Balaban J connectivity index is 0.00000180. The standard InChI is InChI=1S/C13H19BrN2OS.ClH/c1-13(4-6-15-7-5-13)9-16-12(17)8-10-2-3-11(14)18-10;/h2-3,15H,4-9H2,1H3,(H,16,17);1H. The van der Waals surface area contributed by atoms with Crippen molar-refractivity contribution in [2.45, 2.75) is 26.2 Å². The molecular weight excluding hydrogens is 348 g/mol. The maximum Gasteiger partial charge on any atom is 0.225 e. The molecule has 2 heterocycles. The van der Waals surface area contributed by atoms with Gasteiger partial charge in [0.25, 0.3) is 0 Å². The molecule has 2 N–H and O–H groups in total. The number of thiophene rings is 1. The number of piperidine rings is 1. The van der Waals surface area contributed by atoms with E-state index < -0.39 is 0 Å². The van der Waals surface area contributed by atoms with Crippen molar-refractivity contribution >= 4 is 45.6 Å². The molecule has 0 saturated carbocycles. The Morgan fingerprint density at radius 1 is 1.47 bits per heavy atom. The quantitative estimate of drug-likeness (QED) is 0.859. The monoisotopic (exact) mass is 366 g/mol. The summed E-state index contributed by atoms with van der Waals surface area (Å²) < 4.78 is 1.08. The molecule has 19 heavy (non-hydrogen) atoms. The molecule has 1 aliphatic rings. The third kappa shape index (κ3) is 5.42. The van der Waals surface area contributed by atoms with E-state index in [1.54, 1.807) is 11.3 Å². The minimum Gasteiger partial charge on any atom is -0.355 e. The summed E-state index contributed by atoms with van der Waals surface area (Å²) >= 11 is 5.03. The molecule has 108 valence electrons. The molecular formula is C13H20BrClN2OS. The van der Waals surface area contributed by atoms with E-state index >= 15 is 0 Å². The van der Waals surface area contributed by atoms with Crippen molar-refractivity contribution in [1.29, 1.82) is 0 Å². The van der Waals surface area contributed by atoms with E-state index in [0.717, 1.165) is 41.1 Å². The Labute approximate surface area is 133 Å². The Kier molecular flexibility index (Phi) is 6.80. The van der Waals surface area contributed by atoms with Gasteiger partial charge in [-0.15, -0.1) is 23.7 Å².